The molecule has 1 aromatic carbocycles. The highest BCUT2D eigenvalue weighted by molar-refractivity contribution is 6.38. The zero-order valence-corrected chi connectivity index (χ0v) is 15.4. The summed E-state index contributed by atoms with van der Waals surface area (Å²) in [4.78, 5) is 22.5. The Morgan fingerprint density at radius 1 is 1.25 bits per heavy atom. The van der Waals surface area contributed by atoms with Crippen LogP contribution in [0.5, 0.6) is 0 Å². The van der Waals surface area contributed by atoms with Gasteiger partial charge in [0.25, 0.3) is 0 Å². The number of rotatable bonds is 7. The molecule has 0 bridgehead atoms. The molecule has 0 saturated heterocycles. The van der Waals surface area contributed by atoms with Gasteiger partial charge in [0.05, 0.1) is 28.6 Å². The first-order chi connectivity index (χ1) is 11.0. The molecular formula is C16H22Cl2N2O4. The van der Waals surface area contributed by atoms with E-state index in [4.69, 9.17) is 38.8 Å². The molecule has 0 fully saturated rings. The van der Waals surface area contributed by atoms with Crippen LogP contribution < -0.4 is 11.1 Å². The molecule has 0 amide bonds. The second kappa shape index (κ2) is 8.55. The number of hydrogen-bond donors (Lipinski definition) is 3. The number of carboxylic acid groups (broad SMARTS) is 1. The van der Waals surface area contributed by atoms with Crippen LogP contribution in [0.4, 0.5) is 5.69 Å². The maximum atomic E-state index is 11.9. The van der Waals surface area contributed by atoms with Gasteiger partial charge in [-0.2, -0.15) is 0 Å². The van der Waals surface area contributed by atoms with Crippen molar-refractivity contribution < 1.29 is 19.4 Å². The number of carbonyl (C=O) groups is 2. The topological polar surface area (TPSA) is 102 Å². The summed E-state index contributed by atoms with van der Waals surface area (Å²) < 4.78 is 5.41. The molecule has 0 spiro atoms. The number of hydrogen-bond acceptors (Lipinski definition) is 5. The number of carboxylic acids is 1. The lowest BCUT2D eigenvalue weighted by Gasteiger charge is -2.26. The zero-order valence-electron chi connectivity index (χ0n) is 13.9. The van der Waals surface area contributed by atoms with Crippen LogP contribution in [0.1, 0.15) is 45.3 Å². The Bertz CT molecular complexity index is 592. The molecule has 6 nitrogen and oxygen atoms in total. The van der Waals surface area contributed by atoms with Gasteiger partial charge in [-0.3, -0.25) is 9.59 Å². The number of halogens is 2. The molecule has 0 radical (unpaired) electrons. The van der Waals surface area contributed by atoms with Gasteiger partial charge in [-0.25, -0.2) is 0 Å². The van der Waals surface area contributed by atoms with E-state index in [1.807, 2.05) is 20.8 Å². The van der Waals surface area contributed by atoms with E-state index in [-0.39, 0.29) is 34.1 Å². The summed E-state index contributed by atoms with van der Waals surface area (Å²) in [6.45, 7) is 6.23. The molecule has 0 heterocycles. The molecule has 1 atom stereocenters. The van der Waals surface area contributed by atoms with Crippen molar-refractivity contribution in [1.29, 1.82) is 0 Å². The van der Waals surface area contributed by atoms with Gasteiger partial charge >= 0.3 is 11.9 Å². The van der Waals surface area contributed by atoms with Gasteiger partial charge in [0.2, 0.25) is 0 Å². The Hall–Kier alpha value is -1.50. The molecule has 0 aliphatic heterocycles. The number of esters is 1. The summed E-state index contributed by atoms with van der Waals surface area (Å²) in [5.74, 6) is -1.67. The number of carbonyl (C=O) groups excluding carboxylic acids is 1. The lowest BCUT2D eigenvalue weighted by molar-refractivity contribution is -0.152. The molecule has 0 saturated carbocycles. The summed E-state index contributed by atoms with van der Waals surface area (Å²) >= 11 is 12.1. The lowest BCUT2D eigenvalue weighted by atomic mass is 10.1. The Balaban J connectivity index is 2.96. The van der Waals surface area contributed by atoms with Crippen molar-refractivity contribution in [3.8, 4) is 0 Å². The van der Waals surface area contributed by atoms with E-state index >= 15 is 0 Å². The highest BCUT2D eigenvalue weighted by Gasteiger charge is 2.22. The Kier molecular flexibility index (Phi) is 7.32. The number of benzene rings is 1. The maximum Gasteiger partial charge on any atom is 0.307 e. The third kappa shape index (κ3) is 6.95. The first kappa shape index (κ1) is 20.5. The maximum absolute atomic E-state index is 11.9. The number of ether oxygens (including phenoxy) is 1. The summed E-state index contributed by atoms with van der Waals surface area (Å²) in [5.41, 5.74) is 6.36. The number of nitrogen functional groups attached to an aromatic ring is 1. The normalized spacial score (nSPS) is 12.7. The lowest BCUT2D eigenvalue weighted by Crippen LogP contribution is -2.39. The number of nitrogens with one attached hydrogen (secondary N) is 1. The molecule has 4 N–H and O–H groups in total. The highest BCUT2D eigenvalue weighted by Crippen LogP contribution is 2.32. The summed E-state index contributed by atoms with van der Waals surface area (Å²) in [7, 11) is 0. The molecule has 0 aromatic heterocycles. The minimum Gasteiger partial charge on any atom is -0.481 e. The van der Waals surface area contributed by atoms with Crippen LogP contribution in [0.15, 0.2) is 12.1 Å². The van der Waals surface area contributed by atoms with E-state index in [1.54, 1.807) is 12.1 Å². The van der Waals surface area contributed by atoms with E-state index in [0.29, 0.717) is 12.1 Å². The van der Waals surface area contributed by atoms with Crippen LogP contribution in [-0.4, -0.2) is 29.1 Å². The van der Waals surface area contributed by atoms with Crippen molar-refractivity contribution in [3.63, 3.8) is 0 Å². The van der Waals surface area contributed by atoms with Crippen molar-refractivity contribution >= 4 is 40.8 Å². The van der Waals surface area contributed by atoms with Gasteiger partial charge in [0.1, 0.15) is 6.10 Å². The van der Waals surface area contributed by atoms with E-state index in [1.165, 1.54) is 0 Å². The minimum absolute atomic E-state index is 0.201. The smallest absolute Gasteiger partial charge is 0.307 e. The van der Waals surface area contributed by atoms with Gasteiger partial charge in [0.15, 0.2) is 0 Å². The second-order valence-electron chi connectivity index (χ2n) is 6.40. The van der Waals surface area contributed by atoms with Crippen LogP contribution in [0.2, 0.25) is 10.0 Å². The van der Waals surface area contributed by atoms with Gasteiger partial charge < -0.3 is 20.9 Å². The molecule has 0 aliphatic rings. The fourth-order valence-electron chi connectivity index (χ4n) is 1.84. The molecule has 134 valence electrons. The molecule has 24 heavy (non-hydrogen) atoms. The average molecular weight is 377 g/mol. The average Bonchev–Trinajstić information content (AvgIpc) is 2.45. The summed E-state index contributed by atoms with van der Waals surface area (Å²) in [5, 5.41) is 12.4. The van der Waals surface area contributed by atoms with Crippen molar-refractivity contribution in [3.05, 3.63) is 27.7 Å². The first-order valence-electron chi connectivity index (χ1n) is 7.40. The predicted octanol–water partition coefficient (Wildman–Crippen LogP) is 3.41. The Morgan fingerprint density at radius 2 is 1.79 bits per heavy atom. The van der Waals surface area contributed by atoms with Crippen molar-refractivity contribution in [1.82, 2.24) is 5.32 Å². The van der Waals surface area contributed by atoms with Crippen molar-refractivity contribution in [2.24, 2.45) is 0 Å². The van der Waals surface area contributed by atoms with Crippen LogP contribution in [-0.2, 0) is 14.3 Å². The van der Waals surface area contributed by atoms with Gasteiger partial charge in [-0.05, 0) is 38.5 Å². The minimum atomic E-state index is -1.06. The molecule has 1 aromatic rings. The Labute approximate surface area is 151 Å². The zero-order chi connectivity index (χ0) is 18.5. The van der Waals surface area contributed by atoms with Crippen LogP contribution >= 0.6 is 23.2 Å². The SMILES string of the molecule is CC(C)(C)NCC(OC(=O)CCC(=O)O)c1cc(Cl)c(N)c(Cl)c1. The third-order valence-electron chi connectivity index (χ3n) is 3.11. The number of aliphatic carboxylic acids is 1. The standard InChI is InChI=1S/C16H22Cl2N2O4/c1-16(2,3)20-8-12(24-14(23)5-4-13(21)22)9-6-10(17)15(19)11(18)7-9/h6-7,12,20H,4-5,8,19H2,1-3H3,(H,21,22). The third-order valence-corrected chi connectivity index (χ3v) is 3.73. The molecule has 8 heteroatoms. The van der Waals surface area contributed by atoms with Gasteiger partial charge in [0, 0.05) is 12.1 Å². The van der Waals surface area contributed by atoms with E-state index in [0.717, 1.165) is 0 Å². The quantitative estimate of drug-likeness (QED) is 0.497. The van der Waals surface area contributed by atoms with Gasteiger partial charge in [-0.1, -0.05) is 23.2 Å². The summed E-state index contributed by atoms with van der Waals surface area (Å²) in [6, 6.07) is 3.17. The monoisotopic (exact) mass is 376 g/mol. The first-order valence-corrected chi connectivity index (χ1v) is 8.16. The predicted molar refractivity (Wildman–Crippen MR) is 94.3 cm³/mol. The number of anilines is 1. The number of nitrogens with two attached hydrogens (primary N) is 1. The fraction of sp³-hybridized carbons (Fsp3) is 0.500. The van der Waals surface area contributed by atoms with Gasteiger partial charge in [-0.15, -0.1) is 0 Å². The molecule has 1 rings (SSSR count). The molecule has 0 aliphatic carbocycles. The molecule has 1 unspecified atom stereocenters. The largest absolute Gasteiger partial charge is 0.481 e. The van der Waals surface area contributed by atoms with Crippen molar-refractivity contribution in [2.45, 2.75) is 45.3 Å². The Morgan fingerprint density at radius 3 is 2.25 bits per heavy atom. The van der Waals surface area contributed by atoms with E-state index < -0.39 is 18.0 Å². The molecular weight excluding hydrogens is 355 g/mol. The fourth-order valence-corrected chi connectivity index (χ4v) is 2.35. The van der Waals surface area contributed by atoms with Crippen molar-refractivity contribution in [2.75, 3.05) is 12.3 Å². The second-order valence-corrected chi connectivity index (χ2v) is 7.22. The van der Waals surface area contributed by atoms with Crippen LogP contribution in [0.25, 0.3) is 0 Å². The van der Waals surface area contributed by atoms with Crippen LogP contribution in [0.3, 0.4) is 0 Å². The summed E-state index contributed by atoms with van der Waals surface area (Å²) in [6.07, 6.45) is -1.17. The van der Waals surface area contributed by atoms with Crippen LogP contribution in [0, 0.1) is 0 Å². The van der Waals surface area contributed by atoms with E-state index in [9.17, 15) is 9.59 Å². The highest BCUT2D eigenvalue weighted by atomic mass is 35.5. The van der Waals surface area contributed by atoms with E-state index in [2.05, 4.69) is 5.32 Å².